The maximum absolute atomic E-state index is 12.8. The summed E-state index contributed by atoms with van der Waals surface area (Å²) in [7, 11) is 3.66. The number of benzene rings is 1. The molecular formula is C17H23Cl2N5O. The van der Waals surface area contributed by atoms with Gasteiger partial charge in [0.15, 0.2) is 0 Å². The van der Waals surface area contributed by atoms with Crippen molar-refractivity contribution in [3.63, 3.8) is 0 Å². The molecule has 136 valence electrons. The summed E-state index contributed by atoms with van der Waals surface area (Å²) < 4.78 is 1.71. The van der Waals surface area contributed by atoms with Crippen LogP contribution in [0.2, 0.25) is 5.02 Å². The zero-order chi connectivity index (χ0) is 17.1. The SMILES string of the molecule is CNC(C(=O)N1CCN(c2cccc(Cl)c2)CC1)c1cnn(C)c1.Cl. The van der Waals surface area contributed by atoms with Crippen molar-refractivity contribution >= 4 is 35.6 Å². The fourth-order valence-corrected chi connectivity index (χ4v) is 3.25. The fraction of sp³-hybridized carbons (Fsp3) is 0.412. The van der Waals surface area contributed by atoms with E-state index in [1.165, 1.54) is 0 Å². The summed E-state index contributed by atoms with van der Waals surface area (Å²) in [6.07, 6.45) is 3.61. The lowest BCUT2D eigenvalue weighted by Gasteiger charge is -2.37. The van der Waals surface area contributed by atoms with E-state index in [4.69, 9.17) is 11.6 Å². The fourth-order valence-electron chi connectivity index (χ4n) is 3.06. The van der Waals surface area contributed by atoms with Gasteiger partial charge in [0, 0.05) is 55.7 Å². The van der Waals surface area contributed by atoms with E-state index in [1.54, 1.807) is 17.9 Å². The summed E-state index contributed by atoms with van der Waals surface area (Å²) in [5, 5.41) is 8.00. The van der Waals surface area contributed by atoms with Gasteiger partial charge in [0.05, 0.1) is 6.20 Å². The first kappa shape index (κ1) is 19.6. The van der Waals surface area contributed by atoms with Crippen molar-refractivity contribution in [3.05, 3.63) is 47.2 Å². The van der Waals surface area contributed by atoms with Gasteiger partial charge in [-0.15, -0.1) is 12.4 Å². The van der Waals surface area contributed by atoms with Crippen molar-refractivity contribution in [2.24, 2.45) is 7.05 Å². The van der Waals surface area contributed by atoms with E-state index in [9.17, 15) is 4.79 Å². The molecule has 2 heterocycles. The van der Waals surface area contributed by atoms with Crippen LogP contribution in [0.5, 0.6) is 0 Å². The Hall–Kier alpha value is -1.76. The maximum Gasteiger partial charge on any atom is 0.244 e. The minimum absolute atomic E-state index is 0. The molecule has 1 unspecified atom stereocenters. The third kappa shape index (κ3) is 4.45. The number of anilines is 1. The molecule has 25 heavy (non-hydrogen) atoms. The molecular weight excluding hydrogens is 361 g/mol. The highest BCUT2D eigenvalue weighted by molar-refractivity contribution is 6.30. The van der Waals surface area contributed by atoms with Gasteiger partial charge in [0.2, 0.25) is 5.91 Å². The Morgan fingerprint density at radius 1 is 1.28 bits per heavy atom. The third-order valence-corrected chi connectivity index (χ3v) is 4.59. The van der Waals surface area contributed by atoms with Crippen LogP contribution in [0.1, 0.15) is 11.6 Å². The largest absolute Gasteiger partial charge is 0.368 e. The van der Waals surface area contributed by atoms with Gasteiger partial charge in [-0.2, -0.15) is 5.10 Å². The van der Waals surface area contributed by atoms with Crippen LogP contribution in [0, 0.1) is 0 Å². The van der Waals surface area contributed by atoms with Gasteiger partial charge in [-0.25, -0.2) is 0 Å². The number of piperazine rings is 1. The number of aryl methyl sites for hydroxylation is 1. The van der Waals surface area contributed by atoms with Crippen LogP contribution in [0.4, 0.5) is 5.69 Å². The number of carbonyl (C=O) groups excluding carboxylic acids is 1. The zero-order valence-corrected chi connectivity index (χ0v) is 15.9. The lowest BCUT2D eigenvalue weighted by atomic mass is 10.1. The topological polar surface area (TPSA) is 53.4 Å². The van der Waals surface area contributed by atoms with E-state index in [-0.39, 0.29) is 24.4 Å². The summed E-state index contributed by atoms with van der Waals surface area (Å²) >= 11 is 6.07. The molecule has 0 spiro atoms. The van der Waals surface area contributed by atoms with Gasteiger partial charge in [-0.1, -0.05) is 17.7 Å². The molecule has 1 atom stereocenters. The Morgan fingerprint density at radius 2 is 2.00 bits per heavy atom. The molecule has 3 rings (SSSR count). The van der Waals surface area contributed by atoms with E-state index < -0.39 is 0 Å². The van der Waals surface area contributed by atoms with Crippen LogP contribution in [-0.2, 0) is 11.8 Å². The first-order chi connectivity index (χ1) is 11.6. The molecule has 6 nitrogen and oxygen atoms in total. The number of carbonyl (C=O) groups is 1. The number of aromatic nitrogens is 2. The number of hydrogen-bond donors (Lipinski definition) is 1. The van der Waals surface area contributed by atoms with Gasteiger partial charge in [0.25, 0.3) is 0 Å². The first-order valence-corrected chi connectivity index (χ1v) is 8.41. The van der Waals surface area contributed by atoms with Gasteiger partial charge in [-0.3, -0.25) is 9.48 Å². The van der Waals surface area contributed by atoms with E-state index in [0.717, 1.165) is 29.4 Å². The Labute approximate surface area is 159 Å². The van der Waals surface area contributed by atoms with Crippen LogP contribution >= 0.6 is 24.0 Å². The lowest BCUT2D eigenvalue weighted by molar-refractivity contribution is -0.133. The number of nitrogens with zero attached hydrogens (tertiary/aromatic N) is 4. The monoisotopic (exact) mass is 383 g/mol. The molecule has 0 radical (unpaired) electrons. The molecule has 1 fully saturated rings. The highest BCUT2D eigenvalue weighted by Crippen LogP contribution is 2.22. The number of amides is 1. The molecule has 1 N–H and O–H groups in total. The average molecular weight is 384 g/mol. The van der Waals surface area contributed by atoms with E-state index in [0.29, 0.717) is 13.1 Å². The Kier molecular flexibility index (Phi) is 6.70. The van der Waals surface area contributed by atoms with Crippen molar-refractivity contribution < 1.29 is 4.79 Å². The van der Waals surface area contributed by atoms with Gasteiger partial charge in [-0.05, 0) is 25.2 Å². The summed E-state index contributed by atoms with van der Waals surface area (Å²) in [6, 6.07) is 7.49. The number of nitrogens with one attached hydrogen (secondary N) is 1. The van der Waals surface area contributed by atoms with Crippen molar-refractivity contribution in [2.45, 2.75) is 6.04 Å². The molecule has 1 aromatic heterocycles. The van der Waals surface area contributed by atoms with Crippen molar-refractivity contribution in [1.29, 1.82) is 0 Å². The number of likely N-dealkylation sites (N-methyl/N-ethyl adjacent to an activating group) is 1. The van der Waals surface area contributed by atoms with E-state index >= 15 is 0 Å². The average Bonchev–Trinajstić information content (AvgIpc) is 3.02. The van der Waals surface area contributed by atoms with Crippen LogP contribution in [-0.4, -0.2) is 53.8 Å². The minimum Gasteiger partial charge on any atom is -0.368 e. The smallest absolute Gasteiger partial charge is 0.244 e. The summed E-state index contributed by atoms with van der Waals surface area (Å²) in [6.45, 7) is 3.00. The molecule has 0 bridgehead atoms. The normalized spacial score (nSPS) is 15.6. The molecule has 1 aromatic carbocycles. The minimum atomic E-state index is -0.351. The van der Waals surface area contributed by atoms with Gasteiger partial charge in [0.1, 0.15) is 6.04 Å². The van der Waals surface area contributed by atoms with Crippen molar-refractivity contribution in [3.8, 4) is 0 Å². The standard InChI is InChI=1S/C17H22ClN5O.ClH/c1-19-16(13-11-20-21(2)12-13)17(24)23-8-6-22(7-9-23)15-5-3-4-14(18)10-15;/h3-5,10-12,16,19H,6-9H2,1-2H3;1H. The second-order valence-corrected chi connectivity index (χ2v) is 6.40. The highest BCUT2D eigenvalue weighted by atomic mass is 35.5. The van der Waals surface area contributed by atoms with Crippen LogP contribution in [0.3, 0.4) is 0 Å². The number of rotatable bonds is 4. The van der Waals surface area contributed by atoms with E-state index in [2.05, 4.69) is 21.4 Å². The van der Waals surface area contributed by atoms with Crippen LogP contribution < -0.4 is 10.2 Å². The molecule has 1 aliphatic rings. The molecule has 0 saturated carbocycles. The molecule has 1 aliphatic heterocycles. The molecule has 2 aromatic rings. The molecule has 0 aliphatic carbocycles. The second kappa shape index (κ2) is 8.56. The quantitative estimate of drug-likeness (QED) is 0.878. The summed E-state index contributed by atoms with van der Waals surface area (Å²) in [4.78, 5) is 17.0. The third-order valence-electron chi connectivity index (χ3n) is 4.36. The zero-order valence-electron chi connectivity index (χ0n) is 14.4. The molecule has 1 saturated heterocycles. The Morgan fingerprint density at radius 3 is 2.56 bits per heavy atom. The highest BCUT2D eigenvalue weighted by Gasteiger charge is 2.28. The number of hydrogen-bond acceptors (Lipinski definition) is 4. The lowest BCUT2D eigenvalue weighted by Crippen LogP contribution is -2.51. The van der Waals surface area contributed by atoms with Gasteiger partial charge >= 0.3 is 0 Å². The predicted octanol–water partition coefficient (Wildman–Crippen LogP) is 2.10. The summed E-state index contributed by atoms with van der Waals surface area (Å²) in [5.74, 6) is 0.0937. The molecule has 8 heteroatoms. The first-order valence-electron chi connectivity index (χ1n) is 8.03. The predicted molar refractivity (Wildman–Crippen MR) is 103 cm³/mol. The molecule has 1 amide bonds. The summed E-state index contributed by atoms with van der Waals surface area (Å²) in [5.41, 5.74) is 1.99. The Balaban J connectivity index is 0.00000225. The maximum atomic E-state index is 12.8. The van der Waals surface area contributed by atoms with Crippen molar-refractivity contribution in [1.82, 2.24) is 20.0 Å². The number of halogens is 2. The Bertz CT molecular complexity index is 713. The van der Waals surface area contributed by atoms with Crippen LogP contribution in [0.15, 0.2) is 36.7 Å². The van der Waals surface area contributed by atoms with Gasteiger partial charge < -0.3 is 15.1 Å². The second-order valence-electron chi connectivity index (χ2n) is 5.96. The van der Waals surface area contributed by atoms with Crippen molar-refractivity contribution in [2.75, 3.05) is 38.1 Å². The van der Waals surface area contributed by atoms with E-state index in [1.807, 2.05) is 36.3 Å². The van der Waals surface area contributed by atoms with Crippen LogP contribution in [0.25, 0.3) is 0 Å².